The van der Waals surface area contributed by atoms with Gasteiger partial charge >= 0.3 is 0 Å². The van der Waals surface area contributed by atoms with Gasteiger partial charge in [0.15, 0.2) is 11.6 Å². The van der Waals surface area contributed by atoms with Crippen LogP contribution in [0, 0.1) is 10.8 Å². The van der Waals surface area contributed by atoms with Crippen molar-refractivity contribution in [3.05, 3.63) is 47.5 Å². The summed E-state index contributed by atoms with van der Waals surface area (Å²) in [4.78, 5) is 29.9. The predicted molar refractivity (Wildman–Crippen MR) is 138 cm³/mol. The Morgan fingerprint density at radius 3 is 1.19 bits per heavy atom. The number of nitrogens with zero attached hydrogens (tertiary/aromatic N) is 2. The topological polar surface area (TPSA) is 40.6 Å². The van der Waals surface area contributed by atoms with Gasteiger partial charge in [-0.05, 0) is 49.5 Å². The van der Waals surface area contributed by atoms with Crippen LogP contribution in [0.25, 0.3) is 12.2 Å². The third kappa shape index (κ3) is 8.84. The summed E-state index contributed by atoms with van der Waals surface area (Å²) in [5.74, 6) is 0.267. The summed E-state index contributed by atoms with van der Waals surface area (Å²) < 4.78 is 0. The van der Waals surface area contributed by atoms with Gasteiger partial charge < -0.3 is 9.80 Å². The number of rotatable bonds is 14. The van der Waals surface area contributed by atoms with Gasteiger partial charge in [0.25, 0.3) is 0 Å². The molecule has 0 aliphatic rings. The van der Waals surface area contributed by atoms with Crippen molar-refractivity contribution in [3.63, 3.8) is 0 Å². The maximum Gasteiger partial charge on any atom is 0.162 e. The van der Waals surface area contributed by atoms with E-state index in [0.29, 0.717) is 0 Å². The average Bonchev–Trinajstić information content (AvgIpc) is 2.78. The van der Waals surface area contributed by atoms with E-state index in [4.69, 9.17) is 0 Å². The number of ketones is 2. The molecule has 0 N–H and O–H groups in total. The first kappa shape index (κ1) is 28.0. The minimum Gasteiger partial charge on any atom is -0.303 e. The molecule has 0 saturated heterocycles. The van der Waals surface area contributed by atoms with Crippen molar-refractivity contribution in [2.24, 2.45) is 10.8 Å². The standard InChI is InChI=1S/C28H44N2O2/c1-9-29(10-2)21-27(5,6)25(31)19-17-23-13-15-24(16-14-23)18-20-26(32)28(7,8)22-30(11-3)12-4/h13-20H,9-12,21-22H2,1-8H3/b19-17-,20-18+. The summed E-state index contributed by atoms with van der Waals surface area (Å²) in [6.07, 6.45) is 7.12. The monoisotopic (exact) mass is 440 g/mol. The highest BCUT2D eigenvalue weighted by Gasteiger charge is 2.28. The quantitative estimate of drug-likeness (QED) is 0.354. The van der Waals surface area contributed by atoms with Crippen molar-refractivity contribution in [2.75, 3.05) is 39.3 Å². The highest BCUT2D eigenvalue weighted by Crippen LogP contribution is 2.21. The lowest BCUT2D eigenvalue weighted by atomic mass is 9.86. The van der Waals surface area contributed by atoms with Crippen LogP contribution >= 0.6 is 0 Å². The lowest BCUT2D eigenvalue weighted by Gasteiger charge is -2.29. The summed E-state index contributed by atoms with van der Waals surface area (Å²) in [6.45, 7) is 21.8. The van der Waals surface area contributed by atoms with Crippen molar-refractivity contribution in [3.8, 4) is 0 Å². The zero-order chi connectivity index (χ0) is 24.4. The van der Waals surface area contributed by atoms with Crippen molar-refractivity contribution >= 4 is 23.7 Å². The number of carbonyl (C=O) groups is 2. The molecular weight excluding hydrogens is 396 g/mol. The van der Waals surface area contributed by atoms with Gasteiger partial charge in [-0.15, -0.1) is 0 Å². The van der Waals surface area contributed by atoms with Gasteiger partial charge in [-0.2, -0.15) is 0 Å². The molecule has 1 aromatic carbocycles. The van der Waals surface area contributed by atoms with Gasteiger partial charge in [0, 0.05) is 23.9 Å². The van der Waals surface area contributed by atoms with E-state index in [1.807, 2.05) is 64.1 Å². The first-order valence-electron chi connectivity index (χ1n) is 12.0. The number of hydrogen-bond acceptors (Lipinski definition) is 4. The smallest absolute Gasteiger partial charge is 0.162 e. The van der Waals surface area contributed by atoms with Crippen LogP contribution in [0.3, 0.4) is 0 Å². The molecule has 0 aliphatic heterocycles. The highest BCUT2D eigenvalue weighted by atomic mass is 16.1. The van der Waals surface area contributed by atoms with Crippen LogP contribution in [-0.2, 0) is 9.59 Å². The van der Waals surface area contributed by atoms with Crippen LogP contribution in [0.15, 0.2) is 36.4 Å². The Kier molecular flexibility index (Phi) is 11.2. The average molecular weight is 441 g/mol. The first-order valence-corrected chi connectivity index (χ1v) is 12.0. The molecule has 0 unspecified atom stereocenters. The van der Waals surface area contributed by atoms with E-state index in [9.17, 15) is 9.59 Å². The summed E-state index contributed by atoms with van der Waals surface area (Å²) in [5, 5.41) is 0. The molecule has 0 aromatic heterocycles. The Bertz CT molecular complexity index is 713. The predicted octanol–water partition coefficient (Wildman–Crippen LogP) is 5.59. The van der Waals surface area contributed by atoms with Crippen molar-refractivity contribution < 1.29 is 9.59 Å². The number of carbonyl (C=O) groups excluding carboxylic acids is 2. The molecule has 0 spiro atoms. The van der Waals surface area contributed by atoms with Crippen LogP contribution in [0.2, 0.25) is 0 Å². The lowest BCUT2D eigenvalue weighted by molar-refractivity contribution is -0.123. The Morgan fingerprint density at radius 1 is 0.656 bits per heavy atom. The minimum atomic E-state index is -0.413. The second-order valence-corrected chi connectivity index (χ2v) is 9.75. The second kappa shape index (κ2) is 12.9. The summed E-state index contributed by atoms with van der Waals surface area (Å²) in [5.41, 5.74) is 1.12. The molecule has 1 rings (SSSR count). The lowest BCUT2D eigenvalue weighted by Crippen LogP contribution is -2.38. The zero-order valence-corrected chi connectivity index (χ0v) is 21.6. The molecule has 0 saturated carbocycles. The van der Waals surface area contributed by atoms with Crippen molar-refractivity contribution in [2.45, 2.75) is 55.4 Å². The summed E-state index contributed by atoms with van der Waals surface area (Å²) in [6, 6.07) is 7.91. The van der Waals surface area contributed by atoms with E-state index in [1.54, 1.807) is 12.2 Å². The van der Waals surface area contributed by atoms with Gasteiger partial charge in [-0.3, -0.25) is 9.59 Å². The molecule has 178 valence electrons. The number of benzene rings is 1. The third-order valence-corrected chi connectivity index (χ3v) is 6.15. The van der Waals surface area contributed by atoms with Gasteiger partial charge in [0.05, 0.1) is 0 Å². The SMILES string of the molecule is CCN(CC)CC(C)(C)C(=O)/C=C\c1ccc(/C=C/C(=O)C(C)(C)CN(CC)CC)cc1. The van der Waals surface area contributed by atoms with E-state index in [2.05, 4.69) is 37.5 Å². The molecule has 0 amide bonds. The molecule has 1 aromatic rings. The third-order valence-electron chi connectivity index (χ3n) is 6.15. The van der Waals surface area contributed by atoms with E-state index in [0.717, 1.165) is 50.4 Å². The maximum atomic E-state index is 12.7. The van der Waals surface area contributed by atoms with Crippen LogP contribution in [0.4, 0.5) is 0 Å². The highest BCUT2D eigenvalue weighted by molar-refractivity contribution is 5.98. The van der Waals surface area contributed by atoms with E-state index in [1.165, 1.54) is 0 Å². The molecule has 0 aliphatic carbocycles. The normalized spacial score (nSPS) is 13.1. The van der Waals surface area contributed by atoms with Crippen molar-refractivity contribution in [1.29, 1.82) is 0 Å². The molecule has 4 heteroatoms. The summed E-state index contributed by atoms with van der Waals surface area (Å²) in [7, 11) is 0. The van der Waals surface area contributed by atoms with Gasteiger partial charge in [0.1, 0.15) is 0 Å². The fraction of sp³-hybridized carbons (Fsp3) is 0.571. The zero-order valence-electron chi connectivity index (χ0n) is 21.6. The van der Waals surface area contributed by atoms with Crippen LogP contribution in [0.5, 0.6) is 0 Å². The minimum absolute atomic E-state index is 0.134. The van der Waals surface area contributed by atoms with E-state index >= 15 is 0 Å². The molecule has 0 radical (unpaired) electrons. The number of allylic oxidation sites excluding steroid dienone is 2. The van der Waals surface area contributed by atoms with Gasteiger partial charge in [-0.1, -0.05) is 91.8 Å². The fourth-order valence-electron chi connectivity index (χ4n) is 3.68. The Morgan fingerprint density at radius 2 is 0.938 bits per heavy atom. The largest absolute Gasteiger partial charge is 0.303 e. The molecule has 0 heterocycles. The van der Waals surface area contributed by atoms with Crippen LogP contribution in [0.1, 0.15) is 66.5 Å². The molecule has 0 atom stereocenters. The Hall–Kier alpha value is -2.04. The van der Waals surface area contributed by atoms with E-state index in [-0.39, 0.29) is 11.6 Å². The van der Waals surface area contributed by atoms with Crippen molar-refractivity contribution in [1.82, 2.24) is 9.80 Å². The Balaban J connectivity index is 2.76. The van der Waals surface area contributed by atoms with Crippen LogP contribution in [-0.4, -0.2) is 60.6 Å². The van der Waals surface area contributed by atoms with Crippen LogP contribution < -0.4 is 0 Å². The maximum absolute atomic E-state index is 12.7. The fourth-order valence-corrected chi connectivity index (χ4v) is 3.68. The summed E-state index contributed by atoms with van der Waals surface area (Å²) >= 11 is 0. The second-order valence-electron chi connectivity index (χ2n) is 9.75. The molecular formula is C28H44N2O2. The first-order chi connectivity index (χ1) is 15.0. The molecule has 32 heavy (non-hydrogen) atoms. The van der Waals surface area contributed by atoms with E-state index < -0.39 is 10.8 Å². The van der Waals surface area contributed by atoms with Gasteiger partial charge in [0.2, 0.25) is 0 Å². The molecule has 0 fully saturated rings. The molecule has 4 nitrogen and oxygen atoms in total. The van der Waals surface area contributed by atoms with Gasteiger partial charge in [-0.25, -0.2) is 0 Å². The molecule has 0 bridgehead atoms. The Labute approximate surface area is 196 Å². The number of hydrogen-bond donors (Lipinski definition) is 0.